The van der Waals surface area contributed by atoms with Crippen molar-refractivity contribution in [2.24, 2.45) is 0 Å². The van der Waals surface area contributed by atoms with Gasteiger partial charge >= 0.3 is 5.69 Å². The van der Waals surface area contributed by atoms with Crippen LogP contribution in [0.4, 0.5) is 5.95 Å². The highest BCUT2D eigenvalue weighted by molar-refractivity contribution is 5.81. The SMILES string of the molecule is O=c1[nH]c2ccc(-c3cnc(NCc4ccccc4)nc3)cc2[nH]1. The van der Waals surface area contributed by atoms with Gasteiger partial charge in [-0.2, -0.15) is 0 Å². The van der Waals surface area contributed by atoms with Crippen molar-refractivity contribution in [1.82, 2.24) is 19.9 Å². The maximum absolute atomic E-state index is 11.3. The van der Waals surface area contributed by atoms with Crippen LogP contribution >= 0.6 is 0 Å². The standard InChI is InChI=1S/C18H15N5O/c24-18-22-15-7-6-13(8-16(15)23-18)14-10-20-17(21-11-14)19-9-12-4-2-1-3-5-12/h1-8,10-11H,9H2,(H,19,20,21)(H2,22,23,24). The molecule has 118 valence electrons. The molecule has 6 heteroatoms. The molecule has 0 amide bonds. The molecular weight excluding hydrogens is 302 g/mol. The molecule has 0 atom stereocenters. The molecule has 2 aromatic carbocycles. The molecule has 0 aliphatic carbocycles. The van der Waals surface area contributed by atoms with Gasteiger partial charge in [0.1, 0.15) is 0 Å². The van der Waals surface area contributed by atoms with Crippen LogP contribution in [0.5, 0.6) is 0 Å². The molecule has 2 heterocycles. The summed E-state index contributed by atoms with van der Waals surface area (Å²) in [4.78, 5) is 25.5. The summed E-state index contributed by atoms with van der Waals surface area (Å²) < 4.78 is 0. The number of rotatable bonds is 4. The zero-order chi connectivity index (χ0) is 16.4. The van der Waals surface area contributed by atoms with Crippen LogP contribution in [0.1, 0.15) is 5.56 Å². The lowest BCUT2D eigenvalue weighted by atomic mass is 10.1. The highest BCUT2D eigenvalue weighted by Gasteiger charge is 2.04. The number of anilines is 1. The molecule has 0 unspecified atom stereocenters. The average Bonchev–Trinajstić information content (AvgIpc) is 3.00. The number of hydrogen-bond donors (Lipinski definition) is 3. The van der Waals surface area contributed by atoms with Gasteiger partial charge in [-0.15, -0.1) is 0 Å². The summed E-state index contributed by atoms with van der Waals surface area (Å²) >= 11 is 0. The fourth-order valence-electron chi connectivity index (χ4n) is 2.56. The Hall–Kier alpha value is -3.41. The highest BCUT2D eigenvalue weighted by atomic mass is 16.1. The Morgan fingerprint density at radius 2 is 1.62 bits per heavy atom. The third kappa shape index (κ3) is 2.89. The molecule has 0 bridgehead atoms. The topological polar surface area (TPSA) is 86.5 Å². The van der Waals surface area contributed by atoms with Crippen LogP contribution in [0.3, 0.4) is 0 Å². The van der Waals surface area contributed by atoms with Crippen molar-refractivity contribution in [3.63, 3.8) is 0 Å². The monoisotopic (exact) mass is 317 g/mol. The lowest BCUT2D eigenvalue weighted by molar-refractivity contribution is 1.06. The molecule has 0 spiro atoms. The van der Waals surface area contributed by atoms with E-state index in [4.69, 9.17) is 0 Å². The lowest BCUT2D eigenvalue weighted by Crippen LogP contribution is -2.03. The highest BCUT2D eigenvalue weighted by Crippen LogP contribution is 2.21. The van der Waals surface area contributed by atoms with Crippen LogP contribution in [-0.2, 0) is 6.54 Å². The number of imidazole rings is 1. The zero-order valence-electron chi connectivity index (χ0n) is 12.8. The Bertz CT molecular complexity index is 1020. The van der Waals surface area contributed by atoms with Gasteiger partial charge in [0, 0.05) is 24.5 Å². The first-order chi connectivity index (χ1) is 11.8. The van der Waals surface area contributed by atoms with E-state index in [1.54, 1.807) is 12.4 Å². The third-order valence-electron chi connectivity index (χ3n) is 3.79. The van der Waals surface area contributed by atoms with E-state index in [9.17, 15) is 4.79 Å². The van der Waals surface area contributed by atoms with Crippen molar-refractivity contribution in [3.8, 4) is 11.1 Å². The first kappa shape index (κ1) is 14.2. The largest absolute Gasteiger partial charge is 0.350 e. The summed E-state index contributed by atoms with van der Waals surface area (Å²) in [7, 11) is 0. The molecule has 0 radical (unpaired) electrons. The summed E-state index contributed by atoms with van der Waals surface area (Å²) in [6, 6.07) is 15.8. The Labute approximate surface area is 137 Å². The number of nitrogens with one attached hydrogen (secondary N) is 3. The lowest BCUT2D eigenvalue weighted by Gasteiger charge is -2.06. The van der Waals surface area contributed by atoms with Gasteiger partial charge in [-0.3, -0.25) is 0 Å². The van der Waals surface area contributed by atoms with Gasteiger partial charge < -0.3 is 15.3 Å². The van der Waals surface area contributed by atoms with Gasteiger partial charge in [0.05, 0.1) is 11.0 Å². The number of fused-ring (bicyclic) bond motifs is 1. The van der Waals surface area contributed by atoms with E-state index in [1.807, 2.05) is 48.5 Å². The molecule has 24 heavy (non-hydrogen) atoms. The summed E-state index contributed by atoms with van der Waals surface area (Å²) in [5.41, 5.74) is 4.36. The quantitative estimate of drug-likeness (QED) is 0.540. The van der Waals surface area contributed by atoms with Gasteiger partial charge in [-0.1, -0.05) is 36.4 Å². The molecule has 4 rings (SSSR count). The van der Waals surface area contributed by atoms with Crippen LogP contribution in [0, 0.1) is 0 Å². The average molecular weight is 317 g/mol. The minimum Gasteiger partial charge on any atom is -0.350 e. The maximum Gasteiger partial charge on any atom is 0.323 e. The summed E-state index contributed by atoms with van der Waals surface area (Å²) in [6.07, 6.45) is 3.54. The van der Waals surface area contributed by atoms with Crippen molar-refractivity contribution in [2.75, 3.05) is 5.32 Å². The van der Waals surface area contributed by atoms with E-state index in [0.717, 1.165) is 22.2 Å². The molecule has 4 aromatic rings. The van der Waals surface area contributed by atoms with E-state index in [1.165, 1.54) is 5.56 Å². The van der Waals surface area contributed by atoms with Crippen LogP contribution in [0.25, 0.3) is 22.2 Å². The molecule has 0 aliphatic rings. The first-order valence-corrected chi connectivity index (χ1v) is 7.60. The van der Waals surface area contributed by atoms with Crippen LogP contribution in [0.2, 0.25) is 0 Å². The fourth-order valence-corrected chi connectivity index (χ4v) is 2.56. The van der Waals surface area contributed by atoms with E-state index < -0.39 is 0 Å². The Morgan fingerprint density at radius 1 is 0.875 bits per heavy atom. The predicted molar refractivity (Wildman–Crippen MR) is 93.7 cm³/mol. The molecule has 0 saturated carbocycles. The Morgan fingerprint density at radius 3 is 2.42 bits per heavy atom. The molecular formula is C18H15N5O. The second-order valence-electron chi connectivity index (χ2n) is 5.47. The van der Waals surface area contributed by atoms with Gasteiger partial charge in [0.25, 0.3) is 0 Å². The molecule has 0 aliphatic heterocycles. The number of aromatic amines is 2. The molecule has 0 saturated heterocycles. The van der Waals surface area contributed by atoms with Crippen LogP contribution < -0.4 is 11.0 Å². The van der Waals surface area contributed by atoms with Crippen molar-refractivity contribution >= 4 is 17.0 Å². The van der Waals surface area contributed by atoms with Gasteiger partial charge in [0.15, 0.2) is 0 Å². The number of H-pyrrole nitrogens is 2. The van der Waals surface area contributed by atoms with Gasteiger partial charge in [-0.25, -0.2) is 14.8 Å². The maximum atomic E-state index is 11.3. The number of aromatic nitrogens is 4. The molecule has 0 fully saturated rings. The van der Waals surface area contributed by atoms with Crippen molar-refractivity contribution in [3.05, 3.63) is 77.0 Å². The number of hydrogen-bond acceptors (Lipinski definition) is 4. The zero-order valence-corrected chi connectivity index (χ0v) is 12.8. The second-order valence-corrected chi connectivity index (χ2v) is 5.47. The van der Waals surface area contributed by atoms with Crippen molar-refractivity contribution in [1.29, 1.82) is 0 Å². The minimum atomic E-state index is -0.209. The van der Waals surface area contributed by atoms with E-state index in [2.05, 4.69) is 25.3 Å². The van der Waals surface area contributed by atoms with Gasteiger partial charge in [0.2, 0.25) is 5.95 Å². The van der Waals surface area contributed by atoms with Crippen molar-refractivity contribution in [2.45, 2.75) is 6.54 Å². The minimum absolute atomic E-state index is 0.209. The van der Waals surface area contributed by atoms with E-state index in [0.29, 0.717) is 12.5 Å². The molecule has 2 aromatic heterocycles. The molecule has 3 N–H and O–H groups in total. The first-order valence-electron chi connectivity index (χ1n) is 7.60. The summed E-state index contributed by atoms with van der Waals surface area (Å²) in [5.74, 6) is 0.582. The predicted octanol–water partition coefficient (Wildman–Crippen LogP) is 2.93. The molecule has 6 nitrogen and oxygen atoms in total. The third-order valence-corrected chi connectivity index (χ3v) is 3.79. The number of benzene rings is 2. The second kappa shape index (κ2) is 6.00. The van der Waals surface area contributed by atoms with Crippen LogP contribution in [-0.4, -0.2) is 19.9 Å². The van der Waals surface area contributed by atoms with Gasteiger partial charge in [-0.05, 0) is 23.3 Å². The van der Waals surface area contributed by atoms with E-state index in [-0.39, 0.29) is 5.69 Å². The Balaban J connectivity index is 1.53. The smallest absolute Gasteiger partial charge is 0.323 e. The normalized spacial score (nSPS) is 10.8. The Kier molecular flexibility index (Phi) is 3.55. The van der Waals surface area contributed by atoms with E-state index >= 15 is 0 Å². The number of nitrogens with zero attached hydrogens (tertiary/aromatic N) is 2. The fraction of sp³-hybridized carbons (Fsp3) is 0.0556. The van der Waals surface area contributed by atoms with Crippen LogP contribution in [0.15, 0.2) is 65.7 Å². The van der Waals surface area contributed by atoms with Crippen molar-refractivity contribution < 1.29 is 0 Å². The summed E-state index contributed by atoms with van der Waals surface area (Å²) in [5, 5.41) is 3.20. The summed E-state index contributed by atoms with van der Waals surface area (Å²) in [6.45, 7) is 0.677.